The molecule has 45 heavy (non-hydrogen) atoms. The molecule has 1 saturated carbocycles. The third kappa shape index (κ3) is 4.17. The van der Waals surface area contributed by atoms with Crippen LogP contribution in [0.4, 0.5) is 17.1 Å². The smallest absolute Gasteiger partial charge is 0.316 e. The number of allylic oxidation sites excluding steroid dienone is 2. The van der Waals surface area contributed by atoms with E-state index in [0.29, 0.717) is 5.56 Å². The van der Waals surface area contributed by atoms with Gasteiger partial charge in [-0.2, -0.15) is 0 Å². The number of ether oxygens (including phenoxy) is 2. The molecule has 3 amide bonds. The number of benzene rings is 2. The molecule has 2 bridgehead atoms. The lowest BCUT2D eigenvalue weighted by molar-refractivity contribution is -0.384. The first-order chi connectivity index (χ1) is 21.0. The van der Waals surface area contributed by atoms with Gasteiger partial charge in [-0.3, -0.25) is 29.3 Å². The van der Waals surface area contributed by atoms with Crippen molar-refractivity contribution in [2.75, 3.05) is 23.5 Å². The van der Waals surface area contributed by atoms with Crippen LogP contribution in [0.15, 0.2) is 46.5 Å². The Morgan fingerprint density at radius 2 is 1.53 bits per heavy atom. The minimum atomic E-state index is -2.06. The first-order valence-corrected chi connectivity index (χ1v) is 15.4. The van der Waals surface area contributed by atoms with Gasteiger partial charge in [0.05, 0.1) is 57.3 Å². The molecule has 2 aromatic rings. The summed E-state index contributed by atoms with van der Waals surface area (Å²) in [4.78, 5) is 62.1. The van der Waals surface area contributed by atoms with E-state index in [2.05, 4.69) is 0 Å². The number of carbonyl (C=O) groups is 4. The Kier molecular flexibility index (Phi) is 7.58. The molecule has 3 fully saturated rings. The van der Waals surface area contributed by atoms with Gasteiger partial charge in [-0.1, -0.05) is 46.4 Å². The van der Waals surface area contributed by atoms with Crippen molar-refractivity contribution >= 4 is 110 Å². The van der Waals surface area contributed by atoms with Crippen LogP contribution < -0.4 is 19.3 Å². The minimum absolute atomic E-state index is 0.0510. The lowest BCUT2D eigenvalue weighted by Crippen LogP contribution is -2.50. The normalized spacial score (nSPS) is 30.0. The number of hydrogen-bond donors (Lipinski definition) is 0. The van der Waals surface area contributed by atoms with Crippen LogP contribution >= 0.6 is 69.6 Å². The third-order valence-corrected chi connectivity index (χ3v) is 12.9. The average molecular weight is 738 g/mol. The van der Waals surface area contributed by atoms with Crippen molar-refractivity contribution in [3.05, 3.63) is 62.1 Å². The van der Waals surface area contributed by atoms with Crippen LogP contribution in [0.25, 0.3) is 0 Å². The van der Waals surface area contributed by atoms with Crippen LogP contribution in [0.3, 0.4) is 0 Å². The average Bonchev–Trinajstić information content (AvgIpc) is 3.57. The van der Waals surface area contributed by atoms with Gasteiger partial charge in [0.1, 0.15) is 21.2 Å². The van der Waals surface area contributed by atoms with Crippen LogP contribution in [-0.4, -0.2) is 56.4 Å². The zero-order valence-corrected chi connectivity index (χ0v) is 27.5. The van der Waals surface area contributed by atoms with Gasteiger partial charge in [0.2, 0.25) is 17.7 Å². The molecule has 17 heteroatoms. The predicted octanol–water partition coefficient (Wildman–Crippen LogP) is 5.82. The summed E-state index contributed by atoms with van der Waals surface area (Å²) in [7, 11) is 1.31. The lowest BCUT2D eigenvalue weighted by Gasteiger charge is -2.34. The summed E-state index contributed by atoms with van der Waals surface area (Å²) >= 11 is 39.4. The summed E-state index contributed by atoms with van der Waals surface area (Å²) in [6.07, 6.45) is -0.169. The maximum atomic E-state index is 13.7. The molecule has 5 atom stereocenters. The molecule has 0 aromatic heterocycles. The number of imide groups is 1. The molecule has 6 rings (SSSR count). The molecule has 2 aliphatic heterocycles. The number of non-ortho nitro benzene ring substituents is 1. The first-order valence-electron chi connectivity index (χ1n) is 13.2. The molecule has 2 saturated heterocycles. The molecule has 2 aliphatic carbocycles. The van der Waals surface area contributed by atoms with Crippen LogP contribution in [0.1, 0.15) is 12.0 Å². The van der Waals surface area contributed by atoms with Crippen LogP contribution in [0.5, 0.6) is 11.5 Å². The van der Waals surface area contributed by atoms with Gasteiger partial charge in [-0.15, -0.1) is 23.2 Å². The van der Waals surface area contributed by atoms with Gasteiger partial charge in [-0.25, -0.2) is 4.90 Å². The van der Waals surface area contributed by atoms with Gasteiger partial charge in [0.15, 0.2) is 4.33 Å². The van der Waals surface area contributed by atoms with Crippen molar-refractivity contribution in [1.82, 2.24) is 0 Å². The number of carbonyl (C=O) groups excluding carboxylic acids is 4. The molecule has 2 heterocycles. The molecule has 2 aromatic carbocycles. The Bertz CT molecular complexity index is 1740. The highest BCUT2D eigenvalue weighted by atomic mass is 35.5. The summed E-state index contributed by atoms with van der Waals surface area (Å²) in [5.41, 5.74) is 0.616. The Morgan fingerprint density at radius 1 is 0.956 bits per heavy atom. The fourth-order valence-corrected chi connectivity index (χ4v) is 9.40. The second-order valence-corrected chi connectivity index (χ2v) is 14.3. The summed E-state index contributed by atoms with van der Waals surface area (Å²) in [6.45, 7) is 1.54. The molecule has 0 radical (unpaired) electrons. The van der Waals surface area contributed by atoms with Gasteiger partial charge in [0.25, 0.3) is 5.69 Å². The van der Waals surface area contributed by atoms with E-state index >= 15 is 0 Å². The highest BCUT2D eigenvalue weighted by Crippen LogP contribution is 2.77. The standard InChI is InChI=1S/C28H19Cl6N3O8/c1-11-7-14(45-25(41)12-8-18(38)35(10-12)16-5-3-13(37(42)43)9-17(16)44-2)4-6-15(11)36-23(39)19-20(24(36)40)27(32)22(30)21(29)26(19,31)28(27,33)34/h3-7,9,12,19-20H,8,10H2,1-2H3/t12-,19-,20+,26+,27+/m0/s1. The number of nitrogens with zero attached hydrogens (tertiary/aromatic N) is 3. The van der Waals surface area contributed by atoms with Crippen LogP contribution in [0, 0.1) is 34.8 Å². The Balaban J connectivity index is 1.20. The number of anilines is 2. The number of alkyl halides is 4. The second kappa shape index (κ2) is 10.6. The maximum Gasteiger partial charge on any atom is 0.316 e. The van der Waals surface area contributed by atoms with E-state index in [1.54, 1.807) is 6.92 Å². The number of esters is 1. The molecule has 0 N–H and O–H groups in total. The second-order valence-electron chi connectivity index (χ2n) is 11.0. The Morgan fingerprint density at radius 3 is 2.07 bits per heavy atom. The first kappa shape index (κ1) is 32.2. The van der Waals surface area contributed by atoms with Gasteiger partial charge < -0.3 is 14.4 Å². The summed E-state index contributed by atoms with van der Waals surface area (Å²) in [5.74, 6) is -5.83. The Labute approximate surface area is 284 Å². The molecule has 0 spiro atoms. The van der Waals surface area contributed by atoms with E-state index in [4.69, 9.17) is 79.1 Å². The lowest BCUT2D eigenvalue weighted by atomic mass is 9.84. The summed E-state index contributed by atoms with van der Waals surface area (Å²) < 4.78 is 8.72. The van der Waals surface area contributed by atoms with E-state index < -0.39 is 60.4 Å². The van der Waals surface area contributed by atoms with Crippen LogP contribution in [0.2, 0.25) is 0 Å². The minimum Gasteiger partial charge on any atom is -0.494 e. The number of aryl methyl sites for hydroxylation is 1. The van der Waals surface area contributed by atoms with Crippen molar-refractivity contribution in [2.24, 2.45) is 17.8 Å². The third-order valence-electron chi connectivity index (χ3n) is 8.66. The Hall–Kier alpha value is -2.80. The highest BCUT2D eigenvalue weighted by Gasteiger charge is 2.87. The van der Waals surface area contributed by atoms with Crippen molar-refractivity contribution in [3.8, 4) is 11.5 Å². The van der Waals surface area contributed by atoms with E-state index in [1.807, 2.05) is 0 Å². The zero-order valence-electron chi connectivity index (χ0n) is 23.0. The largest absolute Gasteiger partial charge is 0.494 e. The van der Waals surface area contributed by atoms with E-state index in [-0.39, 0.29) is 51.6 Å². The molecule has 4 aliphatic rings. The number of methoxy groups -OCH3 is 1. The van der Waals surface area contributed by atoms with E-state index in [0.717, 1.165) is 4.90 Å². The van der Waals surface area contributed by atoms with Gasteiger partial charge in [-0.05, 0) is 36.8 Å². The highest BCUT2D eigenvalue weighted by molar-refractivity contribution is 6.67. The maximum absolute atomic E-state index is 13.7. The molecular formula is C28H19Cl6N3O8. The quantitative estimate of drug-likeness (QED) is 0.0904. The van der Waals surface area contributed by atoms with E-state index in [9.17, 15) is 29.3 Å². The van der Waals surface area contributed by atoms with Crippen molar-refractivity contribution in [1.29, 1.82) is 0 Å². The molecule has 11 nitrogen and oxygen atoms in total. The number of amides is 3. The number of fused-ring (bicyclic) bond motifs is 5. The number of rotatable bonds is 6. The topological polar surface area (TPSA) is 136 Å². The molecular weight excluding hydrogens is 719 g/mol. The fourth-order valence-electron chi connectivity index (χ4n) is 6.48. The molecule has 236 valence electrons. The SMILES string of the molecule is COc1cc([N+](=O)[O-])ccc1N1C[C@@H](C(=O)Oc2ccc(N3C(=O)[C@@H]4[C@H](C3=O)[C@@]3(Cl)C(Cl)=C(Cl)[C@@]4(Cl)C3(Cl)Cl)c(C)c2)CC1=O. The van der Waals surface area contributed by atoms with E-state index in [1.165, 1.54) is 48.4 Å². The number of nitro benzene ring substituents is 1. The van der Waals surface area contributed by atoms with Crippen molar-refractivity contribution in [3.63, 3.8) is 0 Å². The number of hydrogen-bond acceptors (Lipinski definition) is 8. The number of nitro groups is 1. The van der Waals surface area contributed by atoms with Crippen LogP contribution in [-0.2, 0) is 19.2 Å². The summed E-state index contributed by atoms with van der Waals surface area (Å²) in [5, 5.41) is 10.7. The predicted molar refractivity (Wildman–Crippen MR) is 167 cm³/mol. The van der Waals surface area contributed by atoms with Crippen molar-refractivity contribution in [2.45, 2.75) is 27.4 Å². The fraction of sp³-hybridized carbons (Fsp3) is 0.357. The monoisotopic (exact) mass is 735 g/mol. The number of halogens is 6. The van der Waals surface area contributed by atoms with Crippen molar-refractivity contribution < 1.29 is 33.6 Å². The summed E-state index contributed by atoms with van der Waals surface area (Å²) in [6, 6.07) is 8.04. The molecule has 0 unspecified atom stereocenters. The van der Waals surface area contributed by atoms with Gasteiger partial charge >= 0.3 is 5.97 Å². The van der Waals surface area contributed by atoms with Gasteiger partial charge in [0, 0.05) is 19.0 Å². The zero-order chi connectivity index (χ0) is 33.0.